The Kier molecular flexibility index (Phi) is 2.82. The summed E-state index contributed by atoms with van der Waals surface area (Å²) in [6.45, 7) is 0. The van der Waals surface area contributed by atoms with E-state index in [1.165, 1.54) is 36.5 Å². The van der Waals surface area contributed by atoms with Gasteiger partial charge in [-0.1, -0.05) is 0 Å². The van der Waals surface area contributed by atoms with Crippen LogP contribution in [-0.2, 0) is 10.0 Å². The van der Waals surface area contributed by atoms with E-state index in [0.29, 0.717) is 5.69 Å². The van der Waals surface area contributed by atoms with Crippen LogP contribution in [0.25, 0.3) is 5.69 Å². The first-order valence-corrected chi connectivity index (χ1v) is 6.21. The lowest BCUT2D eigenvalue weighted by Crippen LogP contribution is -2.20. The molecule has 0 aliphatic carbocycles. The number of nitrogen functional groups attached to an aromatic ring is 1. The quantitative estimate of drug-likeness (QED) is 0.735. The van der Waals surface area contributed by atoms with E-state index in [0.717, 1.165) is 0 Å². The molecule has 7 nitrogen and oxygen atoms in total. The van der Waals surface area contributed by atoms with Crippen molar-refractivity contribution in [1.29, 1.82) is 0 Å². The third-order valence-corrected chi connectivity index (χ3v) is 3.72. The minimum absolute atomic E-state index is 0.0452. The first kappa shape index (κ1) is 11.6. The zero-order chi connectivity index (χ0) is 12.5. The predicted molar refractivity (Wildman–Crippen MR) is 62.0 cm³/mol. The first-order valence-electron chi connectivity index (χ1n) is 4.72. The van der Waals surface area contributed by atoms with Crippen LogP contribution in [0.3, 0.4) is 0 Å². The van der Waals surface area contributed by atoms with Crippen LogP contribution < -0.4 is 10.5 Å². The van der Waals surface area contributed by atoms with Gasteiger partial charge in [-0.25, -0.2) is 22.8 Å². The third-order valence-electron chi connectivity index (χ3n) is 2.23. The van der Waals surface area contributed by atoms with Crippen molar-refractivity contribution in [1.82, 2.24) is 19.5 Å². The summed E-state index contributed by atoms with van der Waals surface area (Å²) < 4.78 is 26.9. The summed E-state index contributed by atoms with van der Waals surface area (Å²) in [7, 11) is -2.20. The van der Waals surface area contributed by atoms with Gasteiger partial charge in [0.25, 0.3) is 0 Å². The summed E-state index contributed by atoms with van der Waals surface area (Å²) in [5, 5.41) is 3.92. The number of benzene rings is 1. The van der Waals surface area contributed by atoms with Gasteiger partial charge in [0, 0.05) is 0 Å². The number of nitrogens with two attached hydrogens (primary N) is 1. The summed E-state index contributed by atoms with van der Waals surface area (Å²) in [6, 6.07) is 4.56. The van der Waals surface area contributed by atoms with Gasteiger partial charge in [-0.05, 0) is 25.2 Å². The Morgan fingerprint density at radius 2 is 2.18 bits per heavy atom. The molecule has 0 amide bonds. The highest BCUT2D eigenvalue weighted by Crippen LogP contribution is 2.20. The maximum atomic E-state index is 11.6. The van der Waals surface area contributed by atoms with E-state index < -0.39 is 10.0 Å². The number of sulfonamides is 1. The summed E-state index contributed by atoms with van der Waals surface area (Å²) in [5.41, 5.74) is 6.52. The van der Waals surface area contributed by atoms with E-state index in [1.54, 1.807) is 6.07 Å². The van der Waals surface area contributed by atoms with Crippen LogP contribution in [0.15, 0.2) is 35.7 Å². The van der Waals surface area contributed by atoms with Crippen LogP contribution in [0, 0.1) is 0 Å². The SMILES string of the molecule is CNS(=O)(=O)c1ccc(-n2cncn2)cc1N. The Labute approximate surface area is 98.3 Å². The molecule has 1 aromatic heterocycles. The Morgan fingerprint density at radius 3 is 2.71 bits per heavy atom. The molecule has 0 aliphatic heterocycles. The smallest absolute Gasteiger partial charge is 0.242 e. The number of hydrogen-bond acceptors (Lipinski definition) is 5. The fraction of sp³-hybridized carbons (Fsp3) is 0.111. The number of aromatic nitrogens is 3. The summed E-state index contributed by atoms with van der Waals surface area (Å²) in [6.07, 6.45) is 2.88. The number of rotatable bonds is 3. The van der Waals surface area contributed by atoms with Crippen LogP contribution in [0.5, 0.6) is 0 Å². The van der Waals surface area contributed by atoms with Crippen LogP contribution in [-0.4, -0.2) is 30.2 Å². The molecule has 0 spiro atoms. The van der Waals surface area contributed by atoms with Gasteiger partial charge < -0.3 is 5.73 Å². The van der Waals surface area contributed by atoms with Gasteiger partial charge in [-0.2, -0.15) is 5.10 Å². The molecule has 8 heteroatoms. The molecule has 3 N–H and O–H groups in total. The maximum Gasteiger partial charge on any atom is 0.242 e. The van der Waals surface area contributed by atoms with Crippen molar-refractivity contribution in [3.63, 3.8) is 0 Å². The highest BCUT2D eigenvalue weighted by molar-refractivity contribution is 7.89. The Balaban J connectivity index is 2.50. The van der Waals surface area contributed by atoms with E-state index in [9.17, 15) is 8.42 Å². The molecule has 0 bridgehead atoms. The summed E-state index contributed by atoms with van der Waals surface area (Å²) in [5.74, 6) is 0. The van der Waals surface area contributed by atoms with E-state index in [2.05, 4.69) is 14.8 Å². The van der Waals surface area contributed by atoms with Gasteiger partial charge in [0.1, 0.15) is 17.6 Å². The van der Waals surface area contributed by atoms with E-state index in [-0.39, 0.29) is 10.6 Å². The molecule has 0 fully saturated rings. The molecule has 0 saturated heterocycles. The van der Waals surface area contributed by atoms with E-state index in [1.807, 2.05) is 0 Å². The third kappa shape index (κ3) is 2.12. The minimum atomic E-state index is -3.53. The van der Waals surface area contributed by atoms with Crippen molar-refractivity contribution in [3.8, 4) is 5.69 Å². The molecule has 17 heavy (non-hydrogen) atoms. The standard InChI is InChI=1S/C9H11N5O2S/c1-11-17(15,16)9-3-2-7(4-8(9)10)14-6-12-5-13-14/h2-6,11H,10H2,1H3. The molecule has 0 unspecified atom stereocenters. The molecule has 2 aromatic rings. The molecular weight excluding hydrogens is 242 g/mol. The molecule has 2 rings (SSSR count). The second-order valence-corrected chi connectivity index (χ2v) is 5.12. The monoisotopic (exact) mass is 253 g/mol. The molecule has 1 aromatic carbocycles. The Hall–Kier alpha value is -1.93. The van der Waals surface area contributed by atoms with Crippen molar-refractivity contribution in [2.45, 2.75) is 4.90 Å². The number of anilines is 1. The molecule has 0 atom stereocenters. The summed E-state index contributed by atoms with van der Waals surface area (Å²) in [4.78, 5) is 3.84. The second kappa shape index (κ2) is 4.15. The number of hydrogen-bond donors (Lipinski definition) is 2. The minimum Gasteiger partial charge on any atom is -0.398 e. The molecule has 0 aliphatic rings. The second-order valence-electron chi connectivity index (χ2n) is 3.27. The van der Waals surface area contributed by atoms with Crippen molar-refractivity contribution in [2.75, 3.05) is 12.8 Å². The highest BCUT2D eigenvalue weighted by Gasteiger charge is 2.15. The van der Waals surface area contributed by atoms with Crippen molar-refractivity contribution < 1.29 is 8.42 Å². The fourth-order valence-corrected chi connectivity index (χ4v) is 2.21. The Morgan fingerprint density at radius 1 is 1.41 bits per heavy atom. The van der Waals surface area contributed by atoms with E-state index in [4.69, 9.17) is 5.73 Å². The molecule has 90 valence electrons. The van der Waals surface area contributed by atoms with Gasteiger partial charge in [-0.15, -0.1) is 0 Å². The van der Waals surface area contributed by atoms with Gasteiger partial charge >= 0.3 is 0 Å². The Bertz CT molecular complexity index is 621. The van der Waals surface area contributed by atoms with Crippen LogP contribution in [0.2, 0.25) is 0 Å². The van der Waals surface area contributed by atoms with Gasteiger partial charge in [0.2, 0.25) is 10.0 Å². The first-order chi connectivity index (χ1) is 8.04. The lowest BCUT2D eigenvalue weighted by atomic mass is 10.3. The topological polar surface area (TPSA) is 103 Å². The highest BCUT2D eigenvalue weighted by atomic mass is 32.2. The average Bonchev–Trinajstić information content (AvgIpc) is 2.82. The van der Waals surface area contributed by atoms with Crippen molar-refractivity contribution >= 4 is 15.7 Å². The van der Waals surface area contributed by atoms with Gasteiger partial charge in [-0.3, -0.25) is 0 Å². The van der Waals surface area contributed by atoms with Crippen molar-refractivity contribution in [2.24, 2.45) is 0 Å². The average molecular weight is 253 g/mol. The van der Waals surface area contributed by atoms with Crippen LogP contribution in [0.1, 0.15) is 0 Å². The largest absolute Gasteiger partial charge is 0.398 e. The predicted octanol–water partition coefficient (Wildman–Crippen LogP) is -0.242. The lowest BCUT2D eigenvalue weighted by molar-refractivity contribution is 0.588. The zero-order valence-corrected chi connectivity index (χ0v) is 9.85. The lowest BCUT2D eigenvalue weighted by Gasteiger charge is -2.08. The van der Waals surface area contributed by atoms with Crippen molar-refractivity contribution in [3.05, 3.63) is 30.9 Å². The van der Waals surface area contributed by atoms with Crippen LogP contribution in [0.4, 0.5) is 5.69 Å². The molecule has 0 saturated carbocycles. The molecular formula is C9H11N5O2S. The summed E-state index contributed by atoms with van der Waals surface area (Å²) >= 11 is 0. The van der Waals surface area contributed by atoms with E-state index >= 15 is 0 Å². The zero-order valence-electron chi connectivity index (χ0n) is 9.03. The van der Waals surface area contributed by atoms with Gasteiger partial charge in [0.05, 0.1) is 11.4 Å². The normalized spacial score (nSPS) is 11.6. The number of nitrogens with zero attached hydrogens (tertiary/aromatic N) is 3. The fourth-order valence-electron chi connectivity index (χ4n) is 1.37. The molecule has 0 radical (unpaired) electrons. The van der Waals surface area contributed by atoms with Crippen LogP contribution >= 0.6 is 0 Å². The molecule has 1 heterocycles. The maximum absolute atomic E-state index is 11.6. The number of nitrogens with one attached hydrogen (secondary N) is 1. The van der Waals surface area contributed by atoms with Gasteiger partial charge in [0.15, 0.2) is 0 Å².